The van der Waals surface area contributed by atoms with Crippen LogP contribution in [0.15, 0.2) is 24.4 Å². The molecule has 1 aliphatic carbocycles. The van der Waals surface area contributed by atoms with Gasteiger partial charge in [0, 0.05) is 43.6 Å². The fourth-order valence-electron chi connectivity index (χ4n) is 4.59. The number of fused-ring (bicyclic) bond motifs is 1. The number of piperidine rings is 1. The molecule has 2 aromatic heterocycles. The SMILES string of the molecule is CCOC1CC(N)(C(=O)N2CCCC(c3nnc4ccccn34)C2)C1(C)C.Cl.Cl. The number of hydrogen-bond donors (Lipinski definition) is 1. The number of aromatic nitrogens is 3. The van der Waals surface area contributed by atoms with Crippen LogP contribution in [0.4, 0.5) is 0 Å². The van der Waals surface area contributed by atoms with Gasteiger partial charge in [0.05, 0.1) is 6.10 Å². The van der Waals surface area contributed by atoms with Gasteiger partial charge in [-0.2, -0.15) is 0 Å². The summed E-state index contributed by atoms with van der Waals surface area (Å²) in [6.45, 7) is 8.10. The van der Waals surface area contributed by atoms with Crippen LogP contribution in [0.5, 0.6) is 0 Å². The summed E-state index contributed by atoms with van der Waals surface area (Å²) in [5, 5.41) is 8.66. The van der Waals surface area contributed by atoms with Gasteiger partial charge in [0.15, 0.2) is 5.65 Å². The molecule has 2 N–H and O–H groups in total. The van der Waals surface area contributed by atoms with Crippen LogP contribution in [-0.2, 0) is 9.53 Å². The molecule has 1 saturated carbocycles. The van der Waals surface area contributed by atoms with Crippen LogP contribution in [0.3, 0.4) is 0 Å². The molecule has 0 bridgehead atoms. The molecule has 0 spiro atoms. The van der Waals surface area contributed by atoms with Crippen molar-refractivity contribution in [3.8, 4) is 0 Å². The van der Waals surface area contributed by atoms with E-state index in [2.05, 4.69) is 10.2 Å². The smallest absolute Gasteiger partial charge is 0.243 e. The zero-order chi connectivity index (χ0) is 19.2. The minimum Gasteiger partial charge on any atom is -0.378 e. The fraction of sp³-hybridized carbons (Fsp3) is 0.650. The van der Waals surface area contributed by atoms with Gasteiger partial charge in [-0.15, -0.1) is 35.0 Å². The average Bonchev–Trinajstić information content (AvgIpc) is 3.11. The van der Waals surface area contributed by atoms with Crippen LogP contribution in [0.2, 0.25) is 0 Å². The van der Waals surface area contributed by atoms with Gasteiger partial charge in [0.1, 0.15) is 11.4 Å². The lowest BCUT2D eigenvalue weighted by Gasteiger charge is -2.59. The van der Waals surface area contributed by atoms with Gasteiger partial charge < -0.3 is 15.4 Å². The third-order valence-electron chi connectivity index (χ3n) is 6.63. The molecule has 162 valence electrons. The Kier molecular flexibility index (Phi) is 7.21. The summed E-state index contributed by atoms with van der Waals surface area (Å²) in [5.74, 6) is 1.14. The third kappa shape index (κ3) is 3.74. The molecule has 1 amide bonds. The Morgan fingerprint density at radius 3 is 2.76 bits per heavy atom. The zero-order valence-corrected chi connectivity index (χ0v) is 18.8. The fourth-order valence-corrected chi connectivity index (χ4v) is 4.59. The van der Waals surface area contributed by atoms with E-state index in [0.29, 0.717) is 19.6 Å². The van der Waals surface area contributed by atoms with Gasteiger partial charge in [-0.25, -0.2) is 0 Å². The first kappa shape index (κ1) is 23.9. The van der Waals surface area contributed by atoms with E-state index in [1.165, 1.54) is 0 Å². The molecule has 1 aliphatic heterocycles. The van der Waals surface area contributed by atoms with E-state index < -0.39 is 5.54 Å². The van der Waals surface area contributed by atoms with E-state index in [1.807, 2.05) is 54.5 Å². The minimum atomic E-state index is -0.859. The highest BCUT2D eigenvalue weighted by Gasteiger charge is 2.63. The number of amides is 1. The zero-order valence-electron chi connectivity index (χ0n) is 17.2. The van der Waals surface area contributed by atoms with Gasteiger partial charge >= 0.3 is 0 Å². The van der Waals surface area contributed by atoms with Crippen molar-refractivity contribution >= 4 is 36.4 Å². The molecule has 2 fully saturated rings. The van der Waals surface area contributed by atoms with Gasteiger partial charge in [0.25, 0.3) is 0 Å². The van der Waals surface area contributed by atoms with Crippen LogP contribution >= 0.6 is 24.8 Å². The Morgan fingerprint density at radius 1 is 1.31 bits per heavy atom. The molecule has 3 unspecified atom stereocenters. The molecular formula is C20H31Cl2N5O2. The molecule has 4 rings (SSSR count). The first-order valence-corrected chi connectivity index (χ1v) is 9.88. The number of hydrogen-bond acceptors (Lipinski definition) is 5. The van der Waals surface area contributed by atoms with E-state index in [-0.39, 0.29) is 48.2 Å². The number of nitrogens with zero attached hydrogens (tertiary/aromatic N) is 4. The Bertz CT molecular complexity index is 858. The van der Waals surface area contributed by atoms with Crippen molar-refractivity contribution in [2.75, 3.05) is 19.7 Å². The van der Waals surface area contributed by atoms with Crippen LogP contribution < -0.4 is 5.73 Å². The number of nitrogens with two attached hydrogens (primary N) is 1. The van der Waals surface area contributed by atoms with Crippen molar-refractivity contribution in [1.82, 2.24) is 19.5 Å². The second-order valence-corrected chi connectivity index (χ2v) is 8.42. The second-order valence-electron chi connectivity index (χ2n) is 8.42. The molecule has 0 aromatic carbocycles. The molecule has 9 heteroatoms. The predicted octanol–water partition coefficient (Wildman–Crippen LogP) is 2.81. The van der Waals surface area contributed by atoms with Gasteiger partial charge in [-0.05, 0) is 31.9 Å². The average molecular weight is 444 g/mol. The summed E-state index contributed by atoms with van der Waals surface area (Å²) in [7, 11) is 0. The number of pyridine rings is 1. The van der Waals surface area contributed by atoms with Crippen molar-refractivity contribution in [3.05, 3.63) is 30.2 Å². The van der Waals surface area contributed by atoms with E-state index >= 15 is 0 Å². The summed E-state index contributed by atoms with van der Waals surface area (Å²) >= 11 is 0. The van der Waals surface area contributed by atoms with Crippen LogP contribution in [0.1, 0.15) is 51.8 Å². The number of rotatable bonds is 4. The summed E-state index contributed by atoms with van der Waals surface area (Å²) < 4.78 is 7.80. The molecule has 7 nitrogen and oxygen atoms in total. The maximum absolute atomic E-state index is 13.3. The Labute approximate surface area is 184 Å². The Morgan fingerprint density at radius 2 is 2.07 bits per heavy atom. The summed E-state index contributed by atoms with van der Waals surface area (Å²) in [6.07, 6.45) is 4.56. The quantitative estimate of drug-likeness (QED) is 0.784. The summed E-state index contributed by atoms with van der Waals surface area (Å²) in [6, 6.07) is 5.88. The normalized spacial score (nSPS) is 28.2. The topological polar surface area (TPSA) is 85.8 Å². The second kappa shape index (κ2) is 8.76. The maximum atomic E-state index is 13.3. The molecular weight excluding hydrogens is 413 g/mol. The standard InChI is InChI=1S/C20H29N5O2.2ClH/c1-4-27-15-12-20(21,19(15,2)3)18(26)24-10-7-8-14(13-24)17-23-22-16-9-5-6-11-25(16)17;;/h5-6,9,11,14-15H,4,7-8,10,12-13,21H2,1-3H3;2*1H. The maximum Gasteiger partial charge on any atom is 0.243 e. The Balaban J connectivity index is 0.00000150. The molecule has 3 atom stereocenters. The van der Waals surface area contributed by atoms with E-state index in [9.17, 15) is 4.79 Å². The number of halogens is 2. The van der Waals surface area contributed by atoms with Crippen molar-refractivity contribution in [2.45, 2.75) is 57.6 Å². The van der Waals surface area contributed by atoms with Crippen molar-refractivity contribution in [1.29, 1.82) is 0 Å². The van der Waals surface area contributed by atoms with Gasteiger partial charge in [-0.3, -0.25) is 9.20 Å². The van der Waals surface area contributed by atoms with E-state index in [0.717, 1.165) is 30.9 Å². The minimum absolute atomic E-state index is 0. The van der Waals surface area contributed by atoms with Crippen LogP contribution in [-0.4, -0.2) is 56.7 Å². The molecule has 1 saturated heterocycles. The van der Waals surface area contributed by atoms with Crippen molar-refractivity contribution in [2.24, 2.45) is 11.1 Å². The van der Waals surface area contributed by atoms with E-state index in [1.54, 1.807) is 0 Å². The predicted molar refractivity (Wildman–Crippen MR) is 117 cm³/mol. The molecule has 3 heterocycles. The van der Waals surface area contributed by atoms with Crippen LogP contribution in [0.25, 0.3) is 5.65 Å². The number of carbonyl (C=O) groups excluding carboxylic acids is 1. The lowest BCUT2D eigenvalue weighted by atomic mass is 9.54. The summed E-state index contributed by atoms with van der Waals surface area (Å²) in [4.78, 5) is 15.3. The largest absolute Gasteiger partial charge is 0.378 e. The van der Waals surface area contributed by atoms with Gasteiger partial charge in [-0.1, -0.05) is 19.9 Å². The van der Waals surface area contributed by atoms with Crippen molar-refractivity contribution < 1.29 is 9.53 Å². The monoisotopic (exact) mass is 443 g/mol. The third-order valence-corrected chi connectivity index (χ3v) is 6.63. The van der Waals surface area contributed by atoms with Gasteiger partial charge in [0.2, 0.25) is 5.91 Å². The van der Waals surface area contributed by atoms with Crippen LogP contribution in [0, 0.1) is 5.41 Å². The highest BCUT2D eigenvalue weighted by atomic mass is 35.5. The lowest BCUT2D eigenvalue weighted by Crippen LogP contribution is -2.76. The molecule has 0 radical (unpaired) electrons. The number of carbonyl (C=O) groups is 1. The molecule has 2 aliphatic rings. The molecule has 2 aromatic rings. The lowest BCUT2D eigenvalue weighted by molar-refractivity contribution is -0.180. The molecule has 29 heavy (non-hydrogen) atoms. The van der Waals surface area contributed by atoms with Crippen molar-refractivity contribution in [3.63, 3.8) is 0 Å². The van der Waals surface area contributed by atoms with E-state index in [4.69, 9.17) is 10.5 Å². The Hall–Kier alpha value is -1.41. The number of ether oxygens (including phenoxy) is 1. The number of likely N-dealkylation sites (tertiary alicyclic amines) is 1. The highest BCUT2D eigenvalue weighted by Crippen LogP contribution is 2.51. The highest BCUT2D eigenvalue weighted by molar-refractivity contribution is 5.89. The summed E-state index contributed by atoms with van der Waals surface area (Å²) in [5.41, 5.74) is 6.24. The first-order chi connectivity index (χ1) is 12.9. The first-order valence-electron chi connectivity index (χ1n) is 9.88.